The highest BCUT2D eigenvalue weighted by molar-refractivity contribution is 6.25. The first-order chi connectivity index (χ1) is 8.12. The predicted molar refractivity (Wildman–Crippen MR) is 78.4 cm³/mol. The minimum atomic E-state index is 0.136. The quantitative estimate of drug-likeness (QED) is 0.386. The molecule has 0 aromatic carbocycles. The number of rotatable bonds is 12. The van der Waals surface area contributed by atoms with Crippen LogP contribution < -0.4 is 0 Å². The van der Waals surface area contributed by atoms with Crippen LogP contribution in [0.5, 0.6) is 0 Å². The summed E-state index contributed by atoms with van der Waals surface area (Å²) in [6.45, 7) is 6.96. The summed E-state index contributed by atoms with van der Waals surface area (Å²) in [5, 5.41) is 0. The van der Waals surface area contributed by atoms with Crippen molar-refractivity contribution in [2.75, 3.05) is 0 Å². The van der Waals surface area contributed by atoms with Crippen molar-refractivity contribution in [2.45, 2.75) is 91.0 Å². The van der Waals surface area contributed by atoms with Gasteiger partial charge in [-0.05, 0) is 24.3 Å². The molecule has 0 aliphatic carbocycles. The molecule has 1 N–H and O–H groups in total. The van der Waals surface area contributed by atoms with Gasteiger partial charge in [0.15, 0.2) is 0 Å². The Morgan fingerprint density at radius 1 is 0.824 bits per heavy atom. The third kappa shape index (κ3) is 12.4. The fraction of sp³-hybridized carbons (Fsp3) is 1.00. The second kappa shape index (κ2) is 11.3. The van der Waals surface area contributed by atoms with E-state index in [0.29, 0.717) is 5.41 Å². The molecule has 2 heteroatoms. The zero-order valence-electron chi connectivity index (χ0n) is 12.2. The van der Waals surface area contributed by atoms with Crippen molar-refractivity contribution in [1.82, 2.24) is 0 Å². The molecule has 0 aromatic rings. The minimum absolute atomic E-state index is 0.136. The molecule has 0 heterocycles. The van der Waals surface area contributed by atoms with Gasteiger partial charge in [-0.3, -0.25) is 0 Å². The summed E-state index contributed by atoms with van der Waals surface area (Å²) in [7, 11) is 0.136. The zero-order chi connectivity index (χ0) is 13.0. The molecule has 0 aliphatic rings. The summed E-state index contributed by atoms with van der Waals surface area (Å²) < 4.78 is 0. The third-order valence-electron chi connectivity index (χ3n) is 3.62. The largest absolute Gasteiger partial charge is 0.432 e. The summed E-state index contributed by atoms with van der Waals surface area (Å²) in [6, 6.07) is 0.990. The fourth-order valence-corrected chi connectivity index (χ4v) is 3.05. The Morgan fingerprint density at radius 3 is 1.88 bits per heavy atom. The summed E-state index contributed by atoms with van der Waals surface area (Å²) >= 11 is 0. The highest BCUT2D eigenvalue weighted by Crippen LogP contribution is 2.29. The van der Waals surface area contributed by atoms with Crippen LogP contribution in [0.3, 0.4) is 0 Å². The molecule has 0 aliphatic heterocycles. The van der Waals surface area contributed by atoms with Gasteiger partial charge in [0.05, 0.1) is 0 Å². The van der Waals surface area contributed by atoms with Crippen LogP contribution >= 0.6 is 0 Å². The Kier molecular flexibility index (Phi) is 11.4. The first-order valence-corrected chi connectivity index (χ1v) is 8.65. The van der Waals surface area contributed by atoms with E-state index in [1.165, 1.54) is 64.2 Å². The van der Waals surface area contributed by atoms with Crippen LogP contribution in [0.15, 0.2) is 0 Å². The van der Waals surface area contributed by atoms with Crippen LogP contribution in [-0.2, 0) is 0 Å². The molecule has 0 atom stereocenters. The third-order valence-corrected chi connectivity index (χ3v) is 4.09. The molecule has 0 amide bonds. The highest BCUT2D eigenvalue weighted by atomic mass is 28.2. The van der Waals surface area contributed by atoms with Gasteiger partial charge >= 0.3 is 0 Å². The lowest BCUT2D eigenvalue weighted by Crippen LogP contribution is -2.12. The molecule has 0 saturated carbocycles. The average molecular weight is 257 g/mol. The van der Waals surface area contributed by atoms with Crippen LogP contribution in [-0.4, -0.2) is 14.6 Å². The Balaban J connectivity index is 3.26. The molecule has 0 saturated heterocycles. The summed E-state index contributed by atoms with van der Waals surface area (Å²) in [5.74, 6) is 0. The maximum absolute atomic E-state index is 8.87. The molecule has 0 spiro atoms. The molecule has 0 rings (SSSR count). The van der Waals surface area contributed by atoms with E-state index in [2.05, 4.69) is 20.8 Å². The van der Waals surface area contributed by atoms with Crippen molar-refractivity contribution in [3.8, 4) is 0 Å². The lowest BCUT2D eigenvalue weighted by molar-refractivity contribution is 0.304. The van der Waals surface area contributed by atoms with Crippen molar-refractivity contribution in [3.05, 3.63) is 0 Å². The monoisotopic (exact) mass is 256 g/mol. The Bertz CT molecular complexity index is 157. The second-order valence-electron chi connectivity index (χ2n) is 6.05. The van der Waals surface area contributed by atoms with Crippen LogP contribution in [0, 0.1) is 5.41 Å². The molecule has 0 unspecified atom stereocenters. The van der Waals surface area contributed by atoms with Gasteiger partial charge < -0.3 is 4.80 Å². The Morgan fingerprint density at radius 2 is 1.35 bits per heavy atom. The number of hydrogen-bond donors (Lipinski definition) is 1. The van der Waals surface area contributed by atoms with E-state index in [-0.39, 0.29) is 9.76 Å². The van der Waals surface area contributed by atoms with Crippen LogP contribution in [0.4, 0.5) is 0 Å². The maximum atomic E-state index is 8.87. The van der Waals surface area contributed by atoms with Gasteiger partial charge in [-0.1, -0.05) is 72.1 Å². The predicted octanol–water partition coefficient (Wildman–Crippen LogP) is 4.96. The topological polar surface area (TPSA) is 20.2 Å². The van der Waals surface area contributed by atoms with Crippen molar-refractivity contribution in [2.24, 2.45) is 5.41 Å². The van der Waals surface area contributed by atoms with Gasteiger partial charge in [-0.25, -0.2) is 0 Å². The normalized spacial score (nSPS) is 12.0. The van der Waals surface area contributed by atoms with Crippen LogP contribution in [0.2, 0.25) is 6.04 Å². The molecule has 1 nitrogen and oxygen atoms in total. The van der Waals surface area contributed by atoms with Gasteiger partial charge in [-0.15, -0.1) is 0 Å². The molecule has 17 heavy (non-hydrogen) atoms. The van der Waals surface area contributed by atoms with Crippen molar-refractivity contribution >= 4 is 9.76 Å². The number of hydrogen-bond acceptors (Lipinski definition) is 1. The summed E-state index contributed by atoms with van der Waals surface area (Å²) in [5.41, 5.74) is 0.442. The Hall–Kier alpha value is 0.177. The van der Waals surface area contributed by atoms with Gasteiger partial charge in [0.2, 0.25) is 9.76 Å². The van der Waals surface area contributed by atoms with Gasteiger partial charge in [0.25, 0.3) is 0 Å². The van der Waals surface area contributed by atoms with E-state index in [1.54, 1.807) is 0 Å². The van der Waals surface area contributed by atoms with E-state index in [1.807, 2.05) is 0 Å². The van der Waals surface area contributed by atoms with Crippen molar-refractivity contribution < 1.29 is 4.80 Å². The average Bonchev–Trinajstić information content (AvgIpc) is 2.30. The van der Waals surface area contributed by atoms with Crippen LogP contribution in [0.25, 0.3) is 0 Å². The smallest absolute Gasteiger partial charge is 0.224 e. The molecule has 102 valence electrons. The lowest BCUT2D eigenvalue weighted by Gasteiger charge is -2.23. The molecular formula is C15H32OSi. The highest BCUT2D eigenvalue weighted by Gasteiger charge is 2.16. The lowest BCUT2D eigenvalue weighted by atomic mass is 9.84. The first-order valence-electron chi connectivity index (χ1n) is 7.49. The molecule has 0 bridgehead atoms. The van der Waals surface area contributed by atoms with E-state index < -0.39 is 0 Å². The molecule has 0 fully saturated rings. The van der Waals surface area contributed by atoms with E-state index in [4.69, 9.17) is 4.80 Å². The van der Waals surface area contributed by atoms with E-state index >= 15 is 0 Å². The first kappa shape index (κ1) is 17.2. The molecule has 2 radical (unpaired) electrons. The van der Waals surface area contributed by atoms with E-state index in [9.17, 15) is 0 Å². The van der Waals surface area contributed by atoms with Crippen molar-refractivity contribution in [1.29, 1.82) is 0 Å². The number of unbranched alkanes of at least 4 members (excludes halogenated alkanes) is 7. The van der Waals surface area contributed by atoms with Gasteiger partial charge in [0.1, 0.15) is 0 Å². The van der Waals surface area contributed by atoms with Crippen molar-refractivity contribution in [3.63, 3.8) is 0 Å². The standard InChI is InChI=1S/C15H32OSi/c1-4-5-6-7-8-9-10-11-12-15(2,3)13-14-17-16/h16H,4-14H2,1-3H3. The summed E-state index contributed by atoms with van der Waals surface area (Å²) in [6.07, 6.45) is 13.7. The maximum Gasteiger partial charge on any atom is 0.224 e. The fourth-order valence-electron chi connectivity index (χ4n) is 2.26. The Labute approximate surface area is 111 Å². The zero-order valence-corrected chi connectivity index (χ0v) is 13.2. The van der Waals surface area contributed by atoms with E-state index in [0.717, 1.165) is 6.04 Å². The van der Waals surface area contributed by atoms with Gasteiger partial charge in [-0.2, -0.15) is 0 Å². The summed E-state index contributed by atoms with van der Waals surface area (Å²) in [4.78, 5) is 8.87. The minimum Gasteiger partial charge on any atom is -0.432 e. The van der Waals surface area contributed by atoms with Crippen LogP contribution in [0.1, 0.15) is 85.0 Å². The SMILES string of the molecule is CCCCCCCCCCC(C)(C)CC[Si]O. The molecule has 0 aromatic heterocycles. The second-order valence-corrected chi connectivity index (χ2v) is 6.86. The van der Waals surface area contributed by atoms with Gasteiger partial charge in [0, 0.05) is 0 Å². The molecular weight excluding hydrogens is 224 g/mol.